The number of fused-ring (bicyclic) bond motifs is 1. The maximum Gasteiger partial charge on any atom is 0.262 e. The molecule has 4 heterocycles. The van der Waals surface area contributed by atoms with Crippen LogP contribution in [0.1, 0.15) is 30.6 Å². The molecular formula is C27H28ClFN4O5. The summed E-state index contributed by atoms with van der Waals surface area (Å²) in [6, 6.07) is 3.96. The van der Waals surface area contributed by atoms with E-state index in [1.807, 2.05) is 18.7 Å². The van der Waals surface area contributed by atoms with E-state index >= 15 is 4.39 Å². The molecule has 1 spiro atoms. The standard InChI is InChI=1S/C27H28ClFN4O5/c1-4-19(35)31-8-9-33-26(36)21-24(38-18-10-27(18,33)13-31)22(28)23(20-16(29)6-5-7-17(20)34)30-25(21)32-11-14(2)37-15(3)12-32/h4-7,14-15,18,34H,1,8-13H2,2-3H3/t14-,15-,18?,27?/m0/s1. The van der Waals surface area contributed by atoms with Crippen molar-refractivity contribution in [1.29, 1.82) is 0 Å². The highest BCUT2D eigenvalue weighted by molar-refractivity contribution is 6.35. The number of carbonyl (C=O) groups excluding carboxylic acids is 2. The molecule has 3 aliphatic heterocycles. The minimum Gasteiger partial charge on any atom is -0.507 e. The molecule has 2 saturated heterocycles. The number of phenolic OH excluding ortho intramolecular Hbond substituents is 1. The van der Waals surface area contributed by atoms with Crippen molar-refractivity contribution in [3.8, 4) is 22.8 Å². The monoisotopic (exact) mass is 542 g/mol. The number of morpholine rings is 1. The van der Waals surface area contributed by atoms with Gasteiger partial charge in [-0.05, 0) is 32.1 Å². The molecule has 2 unspecified atom stereocenters. The van der Waals surface area contributed by atoms with Gasteiger partial charge in [-0.3, -0.25) is 9.59 Å². The number of ether oxygens (including phenoxy) is 2. The van der Waals surface area contributed by atoms with Crippen LogP contribution in [0.25, 0.3) is 11.3 Å². The summed E-state index contributed by atoms with van der Waals surface area (Å²) in [6.07, 6.45) is 1.09. The number of carbonyl (C=O) groups is 2. The number of aromatic hydroxyl groups is 1. The summed E-state index contributed by atoms with van der Waals surface area (Å²) in [5.41, 5.74) is -0.665. The SMILES string of the molecule is C=CC(=O)N1CCN2C(=O)c3c(N4C[C@H](C)O[C@@H](C)C4)nc(-c4c(O)cccc4F)c(Cl)c3OC3CC32C1. The predicted molar refractivity (Wildman–Crippen MR) is 138 cm³/mol. The Labute approximate surface area is 224 Å². The third-order valence-corrected chi connectivity index (χ3v) is 8.15. The van der Waals surface area contributed by atoms with Crippen LogP contribution >= 0.6 is 11.6 Å². The number of halogens is 2. The molecule has 200 valence electrons. The number of benzene rings is 1. The first-order valence-corrected chi connectivity index (χ1v) is 13.0. The smallest absolute Gasteiger partial charge is 0.262 e. The third-order valence-electron chi connectivity index (χ3n) is 7.80. The number of aromatic nitrogens is 1. The number of phenols is 1. The highest BCUT2D eigenvalue weighted by Crippen LogP contribution is 2.55. The van der Waals surface area contributed by atoms with E-state index in [9.17, 15) is 14.7 Å². The second-order valence-electron chi connectivity index (χ2n) is 10.4. The van der Waals surface area contributed by atoms with Crippen LogP contribution in [0.4, 0.5) is 10.2 Å². The molecule has 4 atom stereocenters. The average molecular weight is 543 g/mol. The molecule has 1 aromatic carbocycles. The Morgan fingerprint density at radius 3 is 2.68 bits per heavy atom. The van der Waals surface area contributed by atoms with Crippen LogP contribution in [0, 0.1) is 5.82 Å². The van der Waals surface area contributed by atoms with Crippen molar-refractivity contribution in [3.63, 3.8) is 0 Å². The Morgan fingerprint density at radius 1 is 1.26 bits per heavy atom. The molecule has 38 heavy (non-hydrogen) atoms. The van der Waals surface area contributed by atoms with Crippen molar-refractivity contribution in [3.05, 3.63) is 47.3 Å². The van der Waals surface area contributed by atoms with Gasteiger partial charge in [-0.25, -0.2) is 9.37 Å². The Balaban J connectivity index is 1.53. The van der Waals surface area contributed by atoms with Crippen molar-refractivity contribution in [2.75, 3.05) is 37.6 Å². The summed E-state index contributed by atoms with van der Waals surface area (Å²) < 4.78 is 27.3. The average Bonchev–Trinajstić information content (AvgIpc) is 3.56. The van der Waals surface area contributed by atoms with Gasteiger partial charge in [-0.15, -0.1) is 0 Å². The molecule has 0 bridgehead atoms. The Morgan fingerprint density at radius 2 is 2.00 bits per heavy atom. The molecule has 1 aromatic heterocycles. The van der Waals surface area contributed by atoms with E-state index in [0.29, 0.717) is 45.0 Å². The maximum absolute atomic E-state index is 15.0. The summed E-state index contributed by atoms with van der Waals surface area (Å²) in [4.78, 5) is 36.7. The molecule has 1 N–H and O–H groups in total. The van der Waals surface area contributed by atoms with E-state index in [1.54, 1.807) is 9.80 Å². The van der Waals surface area contributed by atoms with E-state index in [4.69, 9.17) is 26.1 Å². The van der Waals surface area contributed by atoms with Gasteiger partial charge < -0.3 is 29.3 Å². The van der Waals surface area contributed by atoms with E-state index < -0.39 is 17.5 Å². The lowest BCUT2D eigenvalue weighted by Crippen LogP contribution is -2.59. The van der Waals surface area contributed by atoms with Gasteiger partial charge in [0.2, 0.25) is 5.91 Å². The summed E-state index contributed by atoms with van der Waals surface area (Å²) >= 11 is 6.83. The number of piperazine rings is 1. The van der Waals surface area contributed by atoms with E-state index in [0.717, 1.165) is 0 Å². The van der Waals surface area contributed by atoms with Gasteiger partial charge in [-0.2, -0.15) is 0 Å². The van der Waals surface area contributed by atoms with Crippen LogP contribution in [0.5, 0.6) is 11.5 Å². The number of anilines is 1. The fourth-order valence-corrected chi connectivity index (χ4v) is 6.30. The lowest BCUT2D eigenvalue weighted by Gasteiger charge is -2.41. The maximum atomic E-state index is 15.0. The molecule has 11 heteroatoms. The van der Waals surface area contributed by atoms with Crippen molar-refractivity contribution >= 4 is 29.2 Å². The lowest BCUT2D eigenvalue weighted by molar-refractivity contribution is -0.129. The molecule has 1 aliphatic carbocycles. The van der Waals surface area contributed by atoms with Crippen molar-refractivity contribution in [1.82, 2.24) is 14.8 Å². The molecule has 2 amide bonds. The van der Waals surface area contributed by atoms with Crippen LogP contribution in [0.15, 0.2) is 30.9 Å². The van der Waals surface area contributed by atoms with Gasteiger partial charge in [-0.1, -0.05) is 24.2 Å². The minimum atomic E-state index is -0.701. The van der Waals surface area contributed by atoms with E-state index in [-0.39, 0.29) is 57.4 Å². The molecule has 3 fully saturated rings. The highest BCUT2D eigenvalue weighted by atomic mass is 35.5. The van der Waals surface area contributed by atoms with Gasteiger partial charge in [0.15, 0.2) is 5.75 Å². The zero-order valence-corrected chi connectivity index (χ0v) is 21.9. The van der Waals surface area contributed by atoms with Gasteiger partial charge in [0.05, 0.1) is 17.8 Å². The minimum absolute atomic E-state index is 0.00588. The van der Waals surface area contributed by atoms with Gasteiger partial charge in [0.25, 0.3) is 5.91 Å². The summed E-state index contributed by atoms with van der Waals surface area (Å²) in [6.45, 7) is 9.33. The fourth-order valence-electron chi connectivity index (χ4n) is 6.03. The second kappa shape index (κ2) is 8.84. The number of hydrogen-bond acceptors (Lipinski definition) is 7. The summed E-state index contributed by atoms with van der Waals surface area (Å²) in [5.74, 6) is -1.11. The Hall–Kier alpha value is -3.37. The Bertz CT molecular complexity index is 1340. The Kier molecular flexibility index (Phi) is 5.80. The summed E-state index contributed by atoms with van der Waals surface area (Å²) in [7, 11) is 0. The van der Waals surface area contributed by atoms with Gasteiger partial charge >= 0.3 is 0 Å². The number of amides is 2. The molecular weight excluding hydrogens is 515 g/mol. The quantitative estimate of drug-likeness (QED) is 0.595. The zero-order chi connectivity index (χ0) is 26.9. The second-order valence-corrected chi connectivity index (χ2v) is 10.8. The van der Waals surface area contributed by atoms with Gasteiger partial charge in [0, 0.05) is 39.1 Å². The van der Waals surface area contributed by atoms with Crippen LogP contribution in [0.3, 0.4) is 0 Å². The predicted octanol–water partition coefficient (Wildman–Crippen LogP) is 3.23. The first-order chi connectivity index (χ1) is 18.1. The molecule has 1 saturated carbocycles. The van der Waals surface area contributed by atoms with E-state index in [2.05, 4.69) is 6.58 Å². The van der Waals surface area contributed by atoms with Gasteiger partial charge in [0.1, 0.15) is 45.3 Å². The van der Waals surface area contributed by atoms with Crippen molar-refractivity contribution in [2.24, 2.45) is 0 Å². The topological polar surface area (TPSA) is 95.4 Å². The van der Waals surface area contributed by atoms with Crippen LogP contribution in [0.2, 0.25) is 5.02 Å². The van der Waals surface area contributed by atoms with E-state index in [1.165, 1.54) is 24.3 Å². The lowest BCUT2D eigenvalue weighted by atomic mass is 10.0. The third kappa shape index (κ3) is 3.72. The number of rotatable bonds is 3. The largest absolute Gasteiger partial charge is 0.507 e. The zero-order valence-electron chi connectivity index (χ0n) is 21.1. The number of hydrogen-bond donors (Lipinski definition) is 1. The molecule has 4 aliphatic rings. The molecule has 9 nitrogen and oxygen atoms in total. The van der Waals surface area contributed by atoms with Crippen LogP contribution in [-0.2, 0) is 9.53 Å². The summed E-state index contributed by atoms with van der Waals surface area (Å²) in [5, 5.41) is 10.5. The fraction of sp³-hybridized carbons (Fsp3) is 0.444. The first kappa shape index (κ1) is 24.9. The van der Waals surface area contributed by atoms with Crippen LogP contribution < -0.4 is 9.64 Å². The normalized spacial score (nSPS) is 28.1. The molecule has 0 radical (unpaired) electrons. The molecule has 2 aromatic rings. The number of pyridine rings is 1. The highest BCUT2D eigenvalue weighted by Gasteiger charge is 2.66. The molecule has 6 rings (SSSR count). The van der Waals surface area contributed by atoms with Crippen molar-refractivity contribution < 1.29 is 28.6 Å². The first-order valence-electron chi connectivity index (χ1n) is 12.7. The van der Waals surface area contributed by atoms with Crippen molar-refractivity contribution in [2.45, 2.75) is 44.1 Å². The number of nitrogens with zero attached hydrogens (tertiary/aromatic N) is 4. The van der Waals surface area contributed by atoms with Crippen LogP contribution in [-0.4, -0.2) is 88.3 Å².